The van der Waals surface area contributed by atoms with E-state index in [-0.39, 0.29) is 11.5 Å². The average Bonchev–Trinajstić information content (AvgIpc) is 3.72. The Morgan fingerprint density at radius 3 is 2.48 bits per heavy atom. The Labute approximate surface area is 256 Å². The van der Waals surface area contributed by atoms with Crippen LogP contribution in [0, 0.1) is 0 Å². The third kappa shape index (κ3) is 4.64. The maximum Gasteiger partial charge on any atom is 0.331 e. The third-order valence-corrected chi connectivity index (χ3v) is 9.92. The van der Waals surface area contributed by atoms with Crippen molar-refractivity contribution in [3.8, 4) is 11.3 Å². The van der Waals surface area contributed by atoms with Gasteiger partial charge in [0, 0.05) is 41.7 Å². The van der Waals surface area contributed by atoms with E-state index in [9.17, 15) is 14.7 Å². The molecular weight excluding hydrogens is 552 g/mol. The predicted molar refractivity (Wildman–Crippen MR) is 171 cm³/mol. The van der Waals surface area contributed by atoms with Gasteiger partial charge in [-0.1, -0.05) is 31.4 Å². The van der Waals surface area contributed by atoms with E-state index in [2.05, 4.69) is 23.0 Å². The van der Waals surface area contributed by atoms with E-state index in [0.29, 0.717) is 11.5 Å². The number of imidazole rings is 1. The smallest absolute Gasteiger partial charge is 0.331 e. The van der Waals surface area contributed by atoms with E-state index in [4.69, 9.17) is 9.40 Å². The van der Waals surface area contributed by atoms with Gasteiger partial charge >= 0.3 is 5.97 Å². The lowest BCUT2D eigenvalue weighted by atomic mass is 9.75. The van der Waals surface area contributed by atoms with Crippen LogP contribution in [0.2, 0.25) is 0 Å². The minimum atomic E-state index is -0.941. The number of aliphatic carboxylic acids is 1. The molecule has 0 saturated heterocycles. The highest BCUT2D eigenvalue weighted by molar-refractivity contribution is 6.01. The maximum atomic E-state index is 13.9. The van der Waals surface area contributed by atoms with Crippen LogP contribution >= 0.6 is 0 Å². The lowest BCUT2D eigenvalue weighted by Gasteiger charge is -2.41. The normalized spacial score (nSPS) is 17.2. The van der Waals surface area contributed by atoms with Crippen LogP contribution in [0.15, 0.2) is 65.0 Å². The zero-order valence-electron chi connectivity index (χ0n) is 25.5. The Kier molecular flexibility index (Phi) is 6.95. The molecule has 2 aliphatic rings. The molecule has 0 unspecified atom stereocenters. The number of hydrogen-bond donors (Lipinski definition) is 2. The molecular formula is C36H38N4O4. The summed E-state index contributed by atoms with van der Waals surface area (Å²) < 4.78 is 9.76. The first kappa shape index (κ1) is 28.2. The molecule has 3 aromatic heterocycles. The van der Waals surface area contributed by atoms with Crippen molar-refractivity contribution in [3.05, 3.63) is 83.1 Å². The van der Waals surface area contributed by atoms with Crippen molar-refractivity contribution in [1.82, 2.24) is 19.4 Å². The van der Waals surface area contributed by atoms with Gasteiger partial charge in [-0.15, -0.1) is 0 Å². The van der Waals surface area contributed by atoms with Crippen molar-refractivity contribution >= 4 is 39.9 Å². The maximum absolute atomic E-state index is 13.9. The Morgan fingerprint density at radius 2 is 1.80 bits per heavy atom. The van der Waals surface area contributed by atoms with Crippen LogP contribution in [0.25, 0.3) is 39.3 Å². The Bertz CT molecular complexity index is 1930. The van der Waals surface area contributed by atoms with E-state index < -0.39 is 11.5 Å². The van der Waals surface area contributed by atoms with Gasteiger partial charge in [0.25, 0.3) is 5.91 Å². The number of aryl methyl sites for hydroxylation is 2. The van der Waals surface area contributed by atoms with Gasteiger partial charge in [0.15, 0.2) is 0 Å². The van der Waals surface area contributed by atoms with Crippen LogP contribution in [-0.4, -0.2) is 31.1 Å². The lowest BCUT2D eigenvalue weighted by Crippen LogP contribution is -2.52. The SMILES string of the molecule is C/C(=C\c1ccc2nc(C3(NC(=O)c4ccc5c(C6CCCCC6)c(-c6ccoc6)n(C)c5c4)CCC3)n(C)c2c1)C(=O)O. The first-order valence-electron chi connectivity index (χ1n) is 15.6. The van der Waals surface area contributed by atoms with Crippen molar-refractivity contribution in [3.63, 3.8) is 0 Å². The van der Waals surface area contributed by atoms with Gasteiger partial charge in [-0.2, -0.15) is 0 Å². The molecule has 0 bridgehead atoms. The van der Waals surface area contributed by atoms with Gasteiger partial charge in [-0.3, -0.25) is 4.79 Å². The van der Waals surface area contributed by atoms with E-state index >= 15 is 0 Å². The van der Waals surface area contributed by atoms with Gasteiger partial charge in [-0.25, -0.2) is 9.78 Å². The average molecular weight is 591 g/mol. The summed E-state index contributed by atoms with van der Waals surface area (Å²) in [5.41, 5.74) is 7.55. The summed E-state index contributed by atoms with van der Waals surface area (Å²) in [6, 6.07) is 13.9. The number of nitrogens with one attached hydrogen (secondary N) is 1. The highest BCUT2D eigenvalue weighted by atomic mass is 16.4. The summed E-state index contributed by atoms with van der Waals surface area (Å²) in [6.45, 7) is 1.59. The van der Waals surface area contributed by atoms with E-state index in [1.165, 1.54) is 48.7 Å². The third-order valence-electron chi connectivity index (χ3n) is 9.92. The quantitative estimate of drug-likeness (QED) is 0.189. The van der Waals surface area contributed by atoms with E-state index in [1.54, 1.807) is 19.3 Å². The number of amides is 1. The molecule has 44 heavy (non-hydrogen) atoms. The monoisotopic (exact) mass is 590 g/mol. The molecule has 8 heteroatoms. The molecule has 0 aliphatic heterocycles. The number of carboxylic acids is 1. The number of carbonyl (C=O) groups is 2. The molecule has 226 valence electrons. The van der Waals surface area contributed by atoms with Gasteiger partial charge in [0.2, 0.25) is 0 Å². The topological polar surface area (TPSA) is 102 Å². The Balaban J connectivity index is 1.24. The number of rotatable bonds is 7. The highest BCUT2D eigenvalue weighted by Gasteiger charge is 2.44. The first-order chi connectivity index (χ1) is 21.3. The van der Waals surface area contributed by atoms with Crippen LogP contribution in [0.1, 0.15) is 91.5 Å². The molecule has 7 rings (SSSR count). The standard InChI is InChI=1S/C36H38N4O4/c1-22(34(42)43)18-23-10-13-28-30(19-23)40(3)35(37-28)36(15-7-16-36)38-33(41)25-11-12-27-29(20-25)39(2)32(26-14-17-44-21-26)31(27)24-8-5-4-6-9-24/h10-14,17-21,24H,4-9,15-16H2,1-3H3,(H,38,41)(H,42,43)/b22-18+. The van der Waals surface area contributed by atoms with Crippen molar-refractivity contribution in [1.29, 1.82) is 0 Å². The zero-order valence-corrected chi connectivity index (χ0v) is 25.5. The molecule has 1 amide bonds. The molecule has 2 N–H and O–H groups in total. The molecule has 3 heterocycles. The predicted octanol–water partition coefficient (Wildman–Crippen LogP) is 7.67. The van der Waals surface area contributed by atoms with Gasteiger partial charge in [-0.05, 0) is 92.5 Å². The van der Waals surface area contributed by atoms with E-state index in [1.807, 2.05) is 54.3 Å². The second-order valence-corrected chi connectivity index (χ2v) is 12.7. The van der Waals surface area contributed by atoms with Crippen molar-refractivity contribution < 1.29 is 19.1 Å². The zero-order chi connectivity index (χ0) is 30.6. The number of carboxylic acid groups (broad SMARTS) is 1. The van der Waals surface area contributed by atoms with Crippen molar-refractivity contribution in [2.75, 3.05) is 0 Å². The summed E-state index contributed by atoms with van der Waals surface area (Å²) >= 11 is 0. The molecule has 5 aromatic rings. The van der Waals surface area contributed by atoms with Gasteiger partial charge in [0.1, 0.15) is 5.82 Å². The van der Waals surface area contributed by atoms with Crippen LogP contribution in [0.3, 0.4) is 0 Å². The minimum Gasteiger partial charge on any atom is -0.478 e. The number of fused-ring (bicyclic) bond motifs is 2. The molecule has 0 spiro atoms. The van der Waals surface area contributed by atoms with Crippen molar-refractivity contribution in [2.24, 2.45) is 14.1 Å². The van der Waals surface area contributed by atoms with Gasteiger partial charge < -0.3 is 24.0 Å². The number of hydrogen-bond acceptors (Lipinski definition) is 4. The second kappa shape index (κ2) is 10.8. The van der Waals surface area contributed by atoms with Crippen LogP contribution in [0.5, 0.6) is 0 Å². The fraction of sp³-hybridized carbons (Fsp3) is 0.361. The van der Waals surface area contributed by atoms with Crippen molar-refractivity contribution in [2.45, 2.75) is 69.7 Å². The highest BCUT2D eigenvalue weighted by Crippen LogP contribution is 2.45. The summed E-state index contributed by atoms with van der Waals surface area (Å²) in [4.78, 5) is 30.2. The Hall–Kier alpha value is -4.59. The second-order valence-electron chi connectivity index (χ2n) is 12.7. The minimum absolute atomic E-state index is 0.107. The molecule has 2 saturated carbocycles. The molecule has 0 atom stereocenters. The van der Waals surface area contributed by atoms with E-state index in [0.717, 1.165) is 52.8 Å². The van der Waals surface area contributed by atoms with Gasteiger partial charge in [0.05, 0.1) is 34.8 Å². The fourth-order valence-corrected chi connectivity index (χ4v) is 7.42. The summed E-state index contributed by atoms with van der Waals surface area (Å²) in [6.07, 6.45) is 14.0. The van der Waals surface area contributed by atoms with Crippen LogP contribution in [-0.2, 0) is 24.4 Å². The summed E-state index contributed by atoms with van der Waals surface area (Å²) in [5, 5.41) is 13.9. The number of nitrogens with zero attached hydrogens (tertiary/aromatic N) is 3. The number of aromatic nitrogens is 3. The molecule has 2 fully saturated rings. The van der Waals surface area contributed by atoms with Crippen LogP contribution < -0.4 is 5.32 Å². The molecule has 2 aliphatic carbocycles. The molecule has 0 radical (unpaired) electrons. The molecule has 2 aromatic carbocycles. The number of furan rings is 1. The first-order valence-corrected chi connectivity index (χ1v) is 15.6. The Morgan fingerprint density at radius 1 is 1.00 bits per heavy atom. The number of benzene rings is 2. The molecule has 8 nitrogen and oxygen atoms in total. The summed E-state index contributed by atoms with van der Waals surface area (Å²) in [7, 11) is 4.06. The number of carbonyl (C=O) groups excluding carboxylic acids is 1. The van der Waals surface area contributed by atoms with Crippen LogP contribution in [0.4, 0.5) is 0 Å². The lowest BCUT2D eigenvalue weighted by molar-refractivity contribution is -0.132. The summed E-state index contributed by atoms with van der Waals surface area (Å²) in [5.74, 6) is 0.273. The largest absolute Gasteiger partial charge is 0.478 e. The fourth-order valence-electron chi connectivity index (χ4n) is 7.42.